The van der Waals surface area contributed by atoms with Crippen molar-refractivity contribution in [3.63, 3.8) is 0 Å². The van der Waals surface area contributed by atoms with Crippen molar-refractivity contribution in [2.75, 3.05) is 20.1 Å². The van der Waals surface area contributed by atoms with E-state index in [9.17, 15) is 4.79 Å². The van der Waals surface area contributed by atoms with Crippen molar-refractivity contribution < 1.29 is 4.79 Å². The van der Waals surface area contributed by atoms with Crippen LogP contribution in [0.3, 0.4) is 0 Å². The van der Waals surface area contributed by atoms with Gasteiger partial charge in [0.05, 0.1) is 5.69 Å². The van der Waals surface area contributed by atoms with Crippen molar-refractivity contribution in [1.82, 2.24) is 19.2 Å². The molecule has 3 atom stereocenters. The number of nitrogens with two attached hydrogens (primary N) is 1. The first-order chi connectivity index (χ1) is 16.4. The summed E-state index contributed by atoms with van der Waals surface area (Å²) in [6.45, 7) is 5.31. The first-order valence-corrected chi connectivity index (χ1v) is 12.2. The lowest BCUT2D eigenvalue weighted by molar-refractivity contribution is 0.0995. The van der Waals surface area contributed by atoms with E-state index in [0.29, 0.717) is 0 Å². The molecule has 2 aromatic carbocycles. The number of aryl methyl sites for hydroxylation is 1. The summed E-state index contributed by atoms with van der Waals surface area (Å²) in [6, 6.07) is 19.4. The molecule has 4 aromatic rings. The van der Waals surface area contributed by atoms with E-state index in [0.717, 1.165) is 41.1 Å². The molecule has 3 heterocycles. The quantitative estimate of drug-likeness (QED) is 0.489. The summed E-state index contributed by atoms with van der Waals surface area (Å²) in [6.07, 6.45) is 4.83. The smallest absolute Gasteiger partial charge is 0.269 e. The van der Waals surface area contributed by atoms with Crippen molar-refractivity contribution in [3.05, 3.63) is 83.3 Å². The Labute approximate surface area is 200 Å². The monoisotopic (exact) mass is 453 g/mol. The summed E-state index contributed by atoms with van der Waals surface area (Å²) in [5, 5.41) is 5.50. The Morgan fingerprint density at radius 3 is 2.44 bits per heavy atom. The highest BCUT2D eigenvalue weighted by atomic mass is 16.1. The third-order valence-electron chi connectivity index (χ3n) is 7.88. The summed E-state index contributed by atoms with van der Waals surface area (Å²) in [4.78, 5) is 14.0. The molecule has 2 fully saturated rings. The molecule has 174 valence electrons. The number of carbonyl (C=O) groups excluding carboxylic acids is 1. The molecule has 0 unspecified atom stereocenters. The molecule has 1 saturated heterocycles. The van der Waals surface area contributed by atoms with Crippen LogP contribution in [0, 0.1) is 18.8 Å². The molecule has 2 N–H and O–H groups in total. The van der Waals surface area contributed by atoms with Crippen LogP contribution in [0.1, 0.15) is 46.1 Å². The zero-order valence-electron chi connectivity index (χ0n) is 19.8. The minimum atomic E-state index is -0.511. The third kappa shape index (κ3) is 3.72. The van der Waals surface area contributed by atoms with Crippen LogP contribution >= 0.6 is 0 Å². The number of aromatic nitrogens is 3. The van der Waals surface area contributed by atoms with Gasteiger partial charge in [-0.1, -0.05) is 24.3 Å². The van der Waals surface area contributed by atoms with Crippen LogP contribution in [0.5, 0.6) is 0 Å². The normalized spacial score (nSPS) is 22.5. The highest BCUT2D eigenvalue weighted by Crippen LogP contribution is 2.45. The summed E-state index contributed by atoms with van der Waals surface area (Å²) < 4.78 is 4.06. The number of hydrogen-bond acceptors (Lipinski definition) is 3. The molecule has 2 aliphatic rings. The first kappa shape index (κ1) is 21.2. The second-order valence-corrected chi connectivity index (χ2v) is 10.3. The number of nitrogens with zero attached hydrogens (tertiary/aromatic N) is 4. The van der Waals surface area contributed by atoms with Crippen molar-refractivity contribution >= 4 is 16.8 Å². The van der Waals surface area contributed by atoms with Crippen LogP contribution in [-0.4, -0.2) is 45.3 Å². The van der Waals surface area contributed by atoms with Crippen molar-refractivity contribution in [2.45, 2.75) is 32.2 Å². The van der Waals surface area contributed by atoms with Gasteiger partial charge in [0.25, 0.3) is 5.91 Å². The molecular weight excluding hydrogens is 422 g/mol. The minimum absolute atomic E-state index is 0.284. The van der Waals surface area contributed by atoms with E-state index in [2.05, 4.69) is 70.3 Å². The van der Waals surface area contributed by atoms with E-state index in [1.54, 1.807) is 10.7 Å². The molecule has 1 aliphatic heterocycles. The van der Waals surface area contributed by atoms with Crippen LogP contribution in [0.2, 0.25) is 0 Å². The number of rotatable bonds is 5. The van der Waals surface area contributed by atoms with Crippen LogP contribution < -0.4 is 5.73 Å². The zero-order chi connectivity index (χ0) is 23.4. The first-order valence-electron chi connectivity index (χ1n) is 12.2. The lowest BCUT2D eigenvalue weighted by atomic mass is 9.95. The van der Waals surface area contributed by atoms with Gasteiger partial charge in [-0.15, -0.1) is 0 Å². The standard InChI is InChI=1S/C28H31N5O/c1-18-11-26(28(29)34)30-33(18)25-7-8-27-21(14-25)9-10-32(27)15-19-3-5-20(6-4-19)22-12-23-16-31(2)17-24(23)13-22/h3-11,14,22-24H,12-13,15-17H2,1-2H3,(H2,29,34)/t22-,23+,24-. The van der Waals surface area contributed by atoms with Gasteiger partial charge in [-0.05, 0) is 86.0 Å². The van der Waals surface area contributed by atoms with Gasteiger partial charge in [0, 0.05) is 42.4 Å². The van der Waals surface area contributed by atoms with E-state index in [4.69, 9.17) is 5.73 Å². The van der Waals surface area contributed by atoms with Crippen LogP contribution in [0.25, 0.3) is 16.6 Å². The second kappa shape index (κ2) is 8.13. The highest BCUT2D eigenvalue weighted by molar-refractivity contribution is 5.91. The van der Waals surface area contributed by atoms with Gasteiger partial charge in [-0.2, -0.15) is 5.10 Å². The van der Waals surface area contributed by atoms with Gasteiger partial charge < -0.3 is 15.2 Å². The molecule has 34 heavy (non-hydrogen) atoms. The molecule has 0 spiro atoms. The fraction of sp³-hybridized carbons (Fsp3) is 0.357. The molecule has 6 nitrogen and oxygen atoms in total. The number of primary amides is 1. The third-order valence-corrected chi connectivity index (χ3v) is 7.88. The molecule has 1 saturated carbocycles. The number of likely N-dealkylation sites (tertiary alicyclic amines) is 1. The maximum Gasteiger partial charge on any atom is 0.269 e. The van der Waals surface area contributed by atoms with E-state index in [1.807, 2.05) is 13.0 Å². The Morgan fingerprint density at radius 1 is 1.03 bits per heavy atom. The summed E-state index contributed by atoms with van der Waals surface area (Å²) in [7, 11) is 2.26. The summed E-state index contributed by atoms with van der Waals surface area (Å²) >= 11 is 0. The number of carbonyl (C=O) groups is 1. The molecule has 6 rings (SSSR count). The second-order valence-electron chi connectivity index (χ2n) is 10.3. The Balaban J connectivity index is 1.19. The van der Waals surface area contributed by atoms with Gasteiger partial charge >= 0.3 is 0 Å². The lowest BCUT2D eigenvalue weighted by Crippen LogP contribution is -2.16. The number of fused-ring (bicyclic) bond motifs is 2. The summed E-state index contributed by atoms with van der Waals surface area (Å²) in [5.74, 6) is 1.99. The van der Waals surface area contributed by atoms with Gasteiger partial charge in [0.2, 0.25) is 0 Å². The van der Waals surface area contributed by atoms with Crippen molar-refractivity contribution in [1.29, 1.82) is 0 Å². The van der Waals surface area contributed by atoms with Crippen LogP contribution in [-0.2, 0) is 6.54 Å². The molecular formula is C28H31N5O. The molecule has 1 aliphatic carbocycles. The SMILES string of the molecule is Cc1cc(C(N)=O)nn1-c1ccc2c(ccn2Cc2ccc([C@H]3C[C@@H]4CN(C)C[C@@H]4C3)cc2)c1. The van der Waals surface area contributed by atoms with E-state index >= 15 is 0 Å². The van der Waals surface area contributed by atoms with E-state index < -0.39 is 5.91 Å². The van der Waals surface area contributed by atoms with Gasteiger partial charge in [-0.3, -0.25) is 4.79 Å². The Bertz CT molecular complexity index is 1350. The topological polar surface area (TPSA) is 69.1 Å². The van der Waals surface area contributed by atoms with E-state index in [-0.39, 0.29) is 5.69 Å². The van der Waals surface area contributed by atoms with Gasteiger partial charge in [0.1, 0.15) is 0 Å². The molecule has 2 aromatic heterocycles. The largest absolute Gasteiger partial charge is 0.364 e. The number of hydrogen-bond donors (Lipinski definition) is 1. The Morgan fingerprint density at radius 2 is 1.76 bits per heavy atom. The molecule has 1 amide bonds. The highest BCUT2D eigenvalue weighted by Gasteiger charge is 2.39. The van der Waals surface area contributed by atoms with Crippen LogP contribution in [0.15, 0.2) is 60.8 Å². The zero-order valence-corrected chi connectivity index (χ0v) is 19.8. The average molecular weight is 454 g/mol. The molecule has 0 bridgehead atoms. The maximum atomic E-state index is 11.5. The Kier molecular flexibility index (Phi) is 5.06. The number of amides is 1. The van der Waals surface area contributed by atoms with Crippen molar-refractivity contribution in [3.8, 4) is 5.69 Å². The van der Waals surface area contributed by atoms with Crippen LogP contribution in [0.4, 0.5) is 0 Å². The maximum absolute atomic E-state index is 11.5. The predicted octanol–water partition coefficient (Wildman–Crippen LogP) is 4.34. The van der Waals surface area contributed by atoms with E-state index in [1.165, 1.54) is 42.6 Å². The molecule has 0 radical (unpaired) electrons. The predicted molar refractivity (Wildman–Crippen MR) is 134 cm³/mol. The van der Waals surface area contributed by atoms with Gasteiger partial charge in [0.15, 0.2) is 5.69 Å². The van der Waals surface area contributed by atoms with Gasteiger partial charge in [-0.25, -0.2) is 4.68 Å². The summed E-state index contributed by atoms with van der Waals surface area (Å²) in [5.41, 5.74) is 11.5. The lowest BCUT2D eigenvalue weighted by Gasteiger charge is -2.15. The Hall–Kier alpha value is -3.38. The number of benzene rings is 2. The van der Waals surface area contributed by atoms with Crippen molar-refractivity contribution in [2.24, 2.45) is 17.6 Å². The average Bonchev–Trinajstić information content (AvgIpc) is 3.57. The fourth-order valence-corrected chi connectivity index (χ4v) is 6.21. The fourth-order valence-electron chi connectivity index (χ4n) is 6.21. The molecule has 6 heteroatoms. The minimum Gasteiger partial charge on any atom is -0.364 e.